The number of nitrogens with one attached hydrogen (secondary N) is 1. The van der Waals surface area contributed by atoms with Crippen molar-refractivity contribution in [1.82, 2.24) is 4.57 Å². The highest BCUT2D eigenvalue weighted by Gasteiger charge is 2.16. The summed E-state index contributed by atoms with van der Waals surface area (Å²) in [4.78, 5) is 12.7. The molecule has 4 rings (SSSR count). The lowest BCUT2D eigenvalue weighted by atomic mass is 10.1. The van der Waals surface area contributed by atoms with Crippen LogP contribution in [0.15, 0.2) is 84.4 Å². The number of aromatic nitrogens is 1. The number of nitrogens with zero attached hydrogens (tertiary/aromatic N) is 2. The SMILES string of the molecule is Cc1c(/C=C(/C#N)C(=O)Nc2ccc(Cl)cc2)c2ccccc2n1Cc1ccccc1. The molecule has 0 aliphatic rings. The largest absolute Gasteiger partial charge is 0.340 e. The lowest BCUT2D eigenvalue weighted by molar-refractivity contribution is -0.112. The summed E-state index contributed by atoms with van der Waals surface area (Å²) in [6.07, 6.45) is 1.67. The van der Waals surface area contributed by atoms with E-state index in [0.29, 0.717) is 17.3 Å². The Hall–Kier alpha value is -3.81. The summed E-state index contributed by atoms with van der Waals surface area (Å²) < 4.78 is 2.21. The van der Waals surface area contributed by atoms with Crippen LogP contribution in [0.5, 0.6) is 0 Å². The Bertz CT molecular complexity index is 1310. The Morgan fingerprint density at radius 1 is 1.03 bits per heavy atom. The molecule has 1 amide bonds. The van der Waals surface area contributed by atoms with Crippen molar-refractivity contribution in [2.75, 3.05) is 5.32 Å². The fourth-order valence-corrected chi connectivity index (χ4v) is 3.76. The van der Waals surface area contributed by atoms with Crippen molar-refractivity contribution in [3.8, 4) is 6.07 Å². The van der Waals surface area contributed by atoms with Crippen LogP contribution in [0, 0.1) is 18.3 Å². The first-order valence-corrected chi connectivity index (χ1v) is 10.2. The maximum Gasteiger partial charge on any atom is 0.266 e. The molecule has 31 heavy (non-hydrogen) atoms. The van der Waals surface area contributed by atoms with E-state index in [-0.39, 0.29) is 5.57 Å². The number of rotatable bonds is 5. The molecule has 1 aromatic heterocycles. The van der Waals surface area contributed by atoms with Crippen LogP contribution in [0.3, 0.4) is 0 Å². The number of para-hydroxylation sites is 1. The van der Waals surface area contributed by atoms with Gasteiger partial charge in [0.15, 0.2) is 0 Å². The molecule has 5 heteroatoms. The van der Waals surface area contributed by atoms with E-state index in [9.17, 15) is 10.1 Å². The van der Waals surface area contributed by atoms with Crippen LogP contribution in [0.25, 0.3) is 17.0 Å². The Morgan fingerprint density at radius 2 is 1.71 bits per heavy atom. The predicted octanol–water partition coefficient (Wildman–Crippen LogP) is 6.20. The third-order valence-electron chi connectivity index (χ3n) is 5.22. The third-order valence-corrected chi connectivity index (χ3v) is 5.47. The van der Waals surface area contributed by atoms with E-state index in [0.717, 1.165) is 22.2 Å². The lowest BCUT2D eigenvalue weighted by Crippen LogP contribution is -2.13. The number of amides is 1. The van der Waals surface area contributed by atoms with E-state index in [1.165, 1.54) is 5.56 Å². The van der Waals surface area contributed by atoms with E-state index in [1.807, 2.05) is 49.4 Å². The molecule has 0 spiro atoms. The molecule has 4 nitrogen and oxygen atoms in total. The van der Waals surface area contributed by atoms with E-state index in [2.05, 4.69) is 28.1 Å². The summed E-state index contributed by atoms with van der Waals surface area (Å²) in [6, 6.07) is 27.1. The number of carbonyl (C=O) groups is 1. The molecule has 0 fully saturated rings. The van der Waals surface area contributed by atoms with Gasteiger partial charge in [0.2, 0.25) is 0 Å². The van der Waals surface area contributed by atoms with Crippen LogP contribution >= 0.6 is 11.6 Å². The summed E-state index contributed by atoms with van der Waals surface area (Å²) >= 11 is 5.90. The van der Waals surface area contributed by atoms with Crippen molar-refractivity contribution in [3.05, 3.63) is 106 Å². The molecular formula is C26H20ClN3O. The first kappa shape index (κ1) is 20.5. The summed E-state index contributed by atoms with van der Waals surface area (Å²) in [6.45, 7) is 2.72. The normalized spacial score (nSPS) is 11.3. The number of carbonyl (C=O) groups excluding carboxylic acids is 1. The maximum atomic E-state index is 12.7. The number of halogens is 1. The highest BCUT2D eigenvalue weighted by atomic mass is 35.5. The van der Waals surface area contributed by atoms with Gasteiger partial charge < -0.3 is 9.88 Å². The molecule has 152 valence electrons. The number of nitriles is 1. The van der Waals surface area contributed by atoms with Gasteiger partial charge in [0.1, 0.15) is 11.6 Å². The standard InChI is InChI=1S/C26H20ClN3O/c1-18-24(15-20(16-28)26(31)29-22-13-11-21(27)12-14-22)23-9-5-6-10-25(23)30(18)17-19-7-3-2-4-8-19/h2-15H,17H2,1H3,(H,29,31)/b20-15-. The molecule has 0 saturated carbocycles. The molecule has 0 radical (unpaired) electrons. The van der Waals surface area contributed by atoms with E-state index >= 15 is 0 Å². The maximum absolute atomic E-state index is 12.7. The molecule has 0 unspecified atom stereocenters. The Kier molecular flexibility index (Phi) is 5.88. The molecule has 0 atom stereocenters. The van der Waals surface area contributed by atoms with Gasteiger partial charge in [0, 0.05) is 39.4 Å². The first-order chi connectivity index (χ1) is 15.1. The van der Waals surface area contributed by atoms with Crippen molar-refractivity contribution in [2.24, 2.45) is 0 Å². The number of benzene rings is 3. The van der Waals surface area contributed by atoms with Gasteiger partial charge in [-0.05, 0) is 48.9 Å². The molecule has 0 saturated heterocycles. The summed E-state index contributed by atoms with van der Waals surface area (Å²) in [5, 5.41) is 14.0. The highest BCUT2D eigenvalue weighted by molar-refractivity contribution is 6.30. The van der Waals surface area contributed by atoms with E-state index in [4.69, 9.17) is 11.6 Å². The smallest absolute Gasteiger partial charge is 0.266 e. The second-order valence-electron chi connectivity index (χ2n) is 7.22. The quantitative estimate of drug-likeness (QED) is 0.306. The van der Waals surface area contributed by atoms with Gasteiger partial charge in [0.25, 0.3) is 5.91 Å². The van der Waals surface area contributed by atoms with Crippen molar-refractivity contribution >= 4 is 40.2 Å². The van der Waals surface area contributed by atoms with Crippen LogP contribution in [0.2, 0.25) is 5.02 Å². The third kappa shape index (κ3) is 4.37. The number of hydrogen-bond donors (Lipinski definition) is 1. The average molecular weight is 426 g/mol. The van der Waals surface area contributed by atoms with Gasteiger partial charge in [-0.15, -0.1) is 0 Å². The second-order valence-corrected chi connectivity index (χ2v) is 7.66. The van der Waals surface area contributed by atoms with Gasteiger partial charge in [-0.2, -0.15) is 5.26 Å². The number of anilines is 1. The van der Waals surface area contributed by atoms with E-state index in [1.54, 1.807) is 30.3 Å². The molecule has 0 aliphatic carbocycles. The van der Waals surface area contributed by atoms with Crippen LogP contribution in [0.4, 0.5) is 5.69 Å². The van der Waals surface area contributed by atoms with Crippen molar-refractivity contribution in [1.29, 1.82) is 5.26 Å². The highest BCUT2D eigenvalue weighted by Crippen LogP contribution is 2.29. The summed E-state index contributed by atoms with van der Waals surface area (Å²) in [5.74, 6) is -0.455. The second kappa shape index (κ2) is 8.91. The molecular weight excluding hydrogens is 406 g/mol. The monoisotopic (exact) mass is 425 g/mol. The zero-order valence-corrected chi connectivity index (χ0v) is 17.7. The zero-order valence-electron chi connectivity index (χ0n) is 17.0. The van der Waals surface area contributed by atoms with Crippen LogP contribution in [0.1, 0.15) is 16.8 Å². The Labute approximate surface area is 186 Å². The first-order valence-electron chi connectivity index (χ1n) is 9.87. The molecule has 0 bridgehead atoms. The molecule has 0 aliphatic heterocycles. The molecule has 4 aromatic rings. The predicted molar refractivity (Wildman–Crippen MR) is 126 cm³/mol. The van der Waals surface area contributed by atoms with Crippen molar-refractivity contribution < 1.29 is 4.79 Å². The van der Waals surface area contributed by atoms with Gasteiger partial charge >= 0.3 is 0 Å². The van der Waals surface area contributed by atoms with Crippen LogP contribution in [-0.4, -0.2) is 10.5 Å². The average Bonchev–Trinajstić information content (AvgIpc) is 3.05. The van der Waals surface area contributed by atoms with Crippen LogP contribution in [-0.2, 0) is 11.3 Å². The van der Waals surface area contributed by atoms with Gasteiger partial charge in [-0.1, -0.05) is 60.1 Å². The molecule has 1 N–H and O–H groups in total. The lowest BCUT2D eigenvalue weighted by Gasteiger charge is -2.09. The zero-order chi connectivity index (χ0) is 21.8. The van der Waals surface area contributed by atoms with Crippen molar-refractivity contribution in [3.63, 3.8) is 0 Å². The summed E-state index contributed by atoms with van der Waals surface area (Å²) in [7, 11) is 0. The minimum Gasteiger partial charge on any atom is -0.340 e. The van der Waals surface area contributed by atoms with Gasteiger partial charge in [-0.25, -0.2) is 0 Å². The fourth-order valence-electron chi connectivity index (χ4n) is 3.63. The van der Waals surface area contributed by atoms with Crippen LogP contribution < -0.4 is 5.32 Å². The van der Waals surface area contributed by atoms with Gasteiger partial charge in [0.05, 0.1) is 0 Å². The molecule has 1 heterocycles. The minimum absolute atomic E-state index is 0.0423. The number of hydrogen-bond acceptors (Lipinski definition) is 2. The minimum atomic E-state index is -0.455. The van der Waals surface area contributed by atoms with Crippen molar-refractivity contribution in [2.45, 2.75) is 13.5 Å². The number of fused-ring (bicyclic) bond motifs is 1. The van der Waals surface area contributed by atoms with Gasteiger partial charge in [-0.3, -0.25) is 4.79 Å². The topological polar surface area (TPSA) is 57.8 Å². The van der Waals surface area contributed by atoms with E-state index < -0.39 is 5.91 Å². The fraction of sp³-hybridized carbons (Fsp3) is 0.0769. The Balaban J connectivity index is 1.73. The summed E-state index contributed by atoms with van der Waals surface area (Å²) in [5.41, 5.74) is 4.74. The Morgan fingerprint density at radius 3 is 2.42 bits per heavy atom. The molecule has 3 aromatic carbocycles.